The van der Waals surface area contributed by atoms with E-state index in [4.69, 9.17) is 5.73 Å². The summed E-state index contributed by atoms with van der Waals surface area (Å²) in [5, 5.41) is 2.60. The lowest BCUT2D eigenvalue weighted by Gasteiger charge is -2.22. The lowest BCUT2D eigenvalue weighted by molar-refractivity contribution is -0.137. The van der Waals surface area contributed by atoms with Crippen LogP contribution in [0.15, 0.2) is 72.1 Å². The number of carbonyl (C=O) groups is 3. The number of alkyl halides is 3. The van der Waals surface area contributed by atoms with Crippen molar-refractivity contribution in [3.8, 4) is 0 Å². The van der Waals surface area contributed by atoms with Gasteiger partial charge in [-0.3, -0.25) is 14.4 Å². The molecule has 1 heterocycles. The van der Waals surface area contributed by atoms with Crippen molar-refractivity contribution in [2.24, 2.45) is 10.7 Å². The molecule has 218 valence electrons. The first-order chi connectivity index (χ1) is 19.2. The summed E-state index contributed by atoms with van der Waals surface area (Å²) >= 11 is 0. The number of nitrogens with two attached hydrogens (primary N) is 1. The molecule has 41 heavy (non-hydrogen) atoms. The Morgan fingerprint density at radius 2 is 1.68 bits per heavy atom. The van der Waals surface area contributed by atoms with E-state index >= 15 is 0 Å². The van der Waals surface area contributed by atoms with Crippen molar-refractivity contribution >= 4 is 29.3 Å². The number of anilines is 1. The third-order valence-corrected chi connectivity index (χ3v) is 6.14. The second kappa shape index (κ2) is 12.9. The van der Waals surface area contributed by atoms with E-state index in [9.17, 15) is 27.6 Å². The summed E-state index contributed by atoms with van der Waals surface area (Å²) in [5.41, 5.74) is 5.09. The smallest absolute Gasteiger partial charge is 0.347 e. The van der Waals surface area contributed by atoms with E-state index in [2.05, 4.69) is 15.3 Å². The summed E-state index contributed by atoms with van der Waals surface area (Å²) in [4.78, 5) is 48.2. The van der Waals surface area contributed by atoms with E-state index < -0.39 is 41.0 Å². The average molecular weight is 571 g/mol. The number of nitrogens with one attached hydrogen (secondary N) is 1. The summed E-state index contributed by atoms with van der Waals surface area (Å²) in [6, 6.07) is 12.9. The van der Waals surface area contributed by atoms with Crippen LogP contribution in [0.2, 0.25) is 0 Å². The minimum absolute atomic E-state index is 0.0253. The van der Waals surface area contributed by atoms with Gasteiger partial charge in [0.05, 0.1) is 17.4 Å². The van der Waals surface area contributed by atoms with Gasteiger partial charge >= 0.3 is 6.18 Å². The summed E-state index contributed by atoms with van der Waals surface area (Å²) < 4.78 is 40.6. The maximum Gasteiger partial charge on any atom is 0.416 e. The van der Waals surface area contributed by atoms with Crippen LogP contribution in [-0.2, 0) is 27.0 Å². The minimum atomic E-state index is -4.52. The van der Waals surface area contributed by atoms with Crippen LogP contribution in [0.5, 0.6) is 0 Å². The summed E-state index contributed by atoms with van der Waals surface area (Å²) in [6.07, 6.45) is -0.458. The van der Waals surface area contributed by atoms with Gasteiger partial charge in [-0.05, 0) is 56.4 Å². The molecule has 3 N–H and O–H groups in total. The van der Waals surface area contributed by atoms with E-state index in [1.165, 1.54) is 62.1 Å². The molecule has 0 spiro atoms. The van der Waals surface area contributed by atoms with Crippen LogP contribution >= 0.6 is 0 Å². The van der Waals surface area contributed by atoms with Gasteiger partial charge in [-0.1, -0.05) is 42.5 Å². The van der Waals surface area contributed by atoms with Gasteiger partial charge in [-0.25, -0.2) is 9.98 Å². The van der Waals surface area contributed by atoms with Crippen LogP contribution in [-0.4, -0.2) is 57.5 Å². The molecular weight excluding hydrogens is 537 g/mol. The highest BCUT2D eigenvalue weighted by atomic mass is 19.4. The molecule has 0 aliphatic rings. The Kier molecular flexibility index (Phi) is 9.82. The zero-order valence-electron chi connectivity index (χ0n) is 23.3. The second-order valence-electron chi connectivity index (χ2n) is 10.3. The number of hydrogen-bond acceptors (Lipinski definition) is 5. The highest BCUT2D eigenvalue weighted by molar-refractivity contribution is 6.44. The Labute approximate surface area is 236 Å². The van der Waals surface area contributed by atoms with Gasteiger partial charge in [0.1, 0.15) is 11.8 Å². The van der Waals surface area contributed by atoms with Crippen LogP contribution in [0.25, 0.3) is 0 Å². The third kappa shape index (κ3) is 8.58. The lowest BCUT2D eigenvalue weighted by atomic mass is 10.0. The van der Waals surface area contributed by atoms with Crippen molar-refractivity contribution < 1.29 is 27.6 Å². The van der Waals surface area contributed by atoms with Crippen molar-refractivity contribution in [1.29, 1.82) is 0 Å². The van der Waals surface area contributed by atoms with Crippen LogP contribution in [0.4, 0.5) is 19.0 Å². The Bertz CT molecular complexity index is 1390. The van der Waals surface area contributed by atoms with Gasteiger partial charge in [0.2, 0.25) is 5.91 Å². The monoisotopic (exact) mass is 570 g/mol. The first-order valence-corrected chi connectivity index (χ1v) is 12.8. The maximum atomic E-state index is 13.2. The van der Waals surface area contributed by atoms with Crippen molar-refractivity contribution in [1.82, 2.24) is 14.5 Å². The summed E-state index contributed by atoms with van der Waals surface area (Å²) in [6.45, 7) is 2.98. The Morgan fingerprint density at radius 1 is 1.05 bits per heavy atom. The molecule has 0 aliphatic heterocycles. The molecule has 3 amide bonds. The molecule has 0 radical (unpaired) electrons. The fourth-order valence-electron chi connectivity index (χ4n) is 3.86. The Hall–Kier alpha value is -4.32. The Balaban J connectivity index is 1.83. The topological polar surface area (TPSA) is 123 Å². The van der Waals surface area contributed by atoms with Gasteiger partial charge < -0.3 is 20.5 Å². The average Bonchev–Trinajstić information content (AvgIpc) is 3.35. The maximum absolute atomic E-state index is 13.2. The summed E-state index contributed by atoms with van der Waals surface area (Å²) in [7, 11) is 3.04. The second-order valence-corrected chi connectivity index (χ2v) is 10.3. The van der Waals surface area contributed by atoms with E-state index in [1.807, 2.05) is 30.3 Å². The molecule has 0 aliphatic carbocycles. The number of aryl methyl sites for hydroxylation is 1. The number of aromatic nitrogens is 2. The predicted molar refractivity (Wildman–Crippen MR) is 149 cm³/mol. The molecule has 0 bridgehead atoms. The van der Waals surface area contributed by atoms with Gasteiger partial charge in [0.25, 0.3) is 11.8 Å². The van der Waals surface area contributed by atoms with Crippen LogP contribution < -0.4 is 11.1 Å². The highest BCUT2D eigenvalue weighted by Crippen LogP contribution is 2.31. The Morgan fingerprint density at radius 3 is 2.24 bits per heavy atom. The van der Waals surface area contributed by atoms with E-state index in [1.54, 1.807) is 0 Å². The number of hydrogen-bond donors (Lipinski definition) is 2. The highest BCUT2D eigenvalue weighted by Gasteiger charge is 2.32. The molecule has 9 nitrogen and oxygen atoms in total. The molecule has 0 fully saturated rings. The molecule has 3 aromatic rings. The lowest BCUT2D eigenvalue weighted by Crippen LogP contribution is -2.41. The molecule has 1 unspecified atom stereocenters. The first kappa shape index (κ1) is 31.2. The van der Waals surface area contributed by atoms with E-state index in [0.29, 0.717) is 18.4 Å². The predicted octanol–water partition coefficient (Wildman–Crippen LogP) is 4.25. The quantitative estimate of drug-likeness (QED) is 0.353. The normalized spacial score (nSPS) is 13.0. The molecule has 12 heteroatoms. The van der Waals surface area contributed by atoms with Crippen molar-refractivity contribution in [3.05, 3.63) is 83.8 Å². The number of likely N-dealkylation sites (N-methyl/N-ethyl adjacent to an activating group) is 1. The third-order valence-electron chi connectivity index (χ3n) is 6.14. The number of benzene rings is 2. The first-order valence-electron chi connectivity index (χ1n) is 12.8. The molecule has 1 atom stereocenters. The number of imidazole rings is 1. The summed E-state index contributed by atoms with van der Waals surface area (Å²) in [5.74, 6) is -1.68. The molecule has 2 aromatic carbocycles. The number of rotatable bonds is 10. The van der Waals surface area contributed by atoms with E-state index in [-0.39, 0.29) is 18.0 Å². The molecular formula is C29H33F3N6O3. The SMILES string of the molecule is CN(C)C(=O)C(c1ccc(C(F)(F)F)cc1)n1cnc(NC(=O)C(CCCc2ccccc2)=NC(=O)C(C)(C)N)c1. The van der Waals surface area contributed by atoms with Gasteiger partial charge in [0.15, 0.2) is 5.82 Å². The number of carbonyl (C=O) groups excluding carboxylic acids is 3. The zero-order chi connectivity index (χ0) is 30.4. The van der Waals surface area contributed by atoms with Gasteiger partial charge in [-0.2, -0.15) is 13.2 Å². The molecule has 1 aromatic heterocycles. The van der Waals surface area contributed by atoms with Crippen LogP contribution in [0.3, 0.4) is 0 Å². The molecule has 3 rings (SSSR count). The molecule has 0 saturated carbocycles. The standard InChI is InChI=1S/C29H33F3N6O3/c1-28(2,33)27(41)35-22(12-8-11-19-9-6-5-7-10-19)25(39)36-23-17-38(18-34-23)24(26(40)37(3)4)20-13-15-21(16-14-20)29(30,31)32/h5-7,9-10,13-18,24H,8,11-12,33H2,1-4H3,(H,36,39). The zero-order valence-corrected chi connectivity index (χ0v) is 23.3. The fourth-order valence-corrected chi connectivity index (χ4v) is 3.86. The van der Waals surface area contributed by atoms with Crippen molar-refractivity contribution in [2.45, 2.75) is 50.9 Å². The number of nitrogens with zero attached hydrogens (tertiary/aromatic N) is 4. The largest absolute Gasteiger partial charge is 0.416 e. The number of amides is 3. The minimum Gasteiger partial charge on any atom is -0.347 e. The number of halogens is 3. The van der Waals surface area contributed by atoms with Crippen molar-refractivity contribution in [2.75, 3.05) is 19.4 Å². The fraction of sp³-hybridized carbons (Fsp3) is 0.345. The van der Waals surface area contributed by atoms with E-state index in [0.717, 1.165) is 17.7 Å². The van der Waals surface area contributed by atoms with Gasteiger partial charge in [-0.15, -0.1) is 0 Å². The van der Waals surface area contributed by atoms with Crippen LogP contribution in [0, 0.1) is 0 Å². The van der Waals surface area contributed by atoms with Crippen molar-refractivity contribution in [3.63, 3.8) is 0 Å². The molecule has 0 saturated heterocycles. The van der Waals surface area contributed by atoms with Gasteiger partial charge in [0, 0.05) is 20.3 Å². The number of aliphatic imine (C=N–C) groups is 1. The van der Waals surface area contributed by atoms with Crippen LogP contribution in [0.1, 0.15) is 49.4 Å².